The predicted molar refractivity (Wildman–Crippen MR) is 49.0 cm³/mol. The average molecular weight is 241 g/mol. The van der Waals surface area contributed by atoms with Crippen LogP contribution >= 0.6 is 0 Å². The molecule has 12 heavy (non-hydrogen) atoms. The molecule has 3 heteroatoms. The summed E-state index contributed by atoms with van der Waals surface area (Å²) in [6.45, 7) is 7.74. The molecule has 0 radical (unpaired) electrons. The molecule has 0 saturated carbocycles. The van der Waals surface area contributed by atoms with Crippen molar-refractivity contribution in [1.82, 2.24) is 4.90 Å². The first-order valence-electron chi connectivity index (χ1n) is 4.59. The molecule has 66 valence electrons. The second-order valence-corrected chi connectivity index (χ2v) is 3.54. The molecule has 1 fully saturated rings. The summed E-state index contributed by atoms with van der Waals surface area (Å²) in [5, 5.41) is 4.68. The molecule has 0 bridgehead atoms. The van der Waals surface area contributed by atoms with Gasteiger partial charge in [0.25, 0.3) is 0 Å². The monoisotopic (exact) mass is 240 g/mol. The fourth-order valence-electron chi connectivity index (χ4n) is 1.92. The molecule has 1 heterocycles. The molecule has 0 amide bonds. The topological polar surface area (TPSA) is 17.3 Å². The summed E-state index contributed by atoms with van der Waals surface area (Å²) in [6.07, 6.45) is 2.46. The third kappa shape index (κ3) is 3.47. The molecule has 1 aliphatic heterocycles. The number of hydrogen-bond acceptors (Lipinski definition) is 1. The molecule has 0 aliphatic carbocycles. The Morgan fingerprint density at radius 3 is 2.42 bits per heavy atom. The molecule has 1 unspecified atom stereocenters. The number of hydrogen-bond donors (Lipinski definition) is 0. The fourth-order valence-corrected chi connectivity index (χ4v) is 1.92. The third-order valence-electron chi connectivity index (χ3n) is 2.67. The van der Waals surface area contributed by atoms with Crippen LogP contribution in [0.1, 0.15) is 26.7 Å². The molecule has 0 aromatic carbocycles. The van der Waals surface area contributed by atoms with Crippen LogP contribution in [0.15, 0.2) is 0 Å². The van der Waals surface area contributed by atoms with E-state index in [9.17, 15) is 0 Å². The van der Waals surface area contributed by atoms with Gasteiger partial charge in [0.05, 0.1) is 0 Å². The van der Waals surface area contributed by atoms with Crippen LogP contribution < -0.4 is 58.2 Å². The minimum absolute atomic E-state index is 0. The van der Waals surface area contributed by atoms with E-state index in [2.05, 4.69) is 31.1 Å². The van der Waals surface area contributed by atoms with Crippen molar-refractivity contribution >= 4 is 0 Å². The van der Waals surface area contributed by atoms with Gasteiger partial charge in [0, 0.05) is 0 Å². The summed E-state index contributed by atoms with van der Waals surface area (Å²) >= 11 is 0. The SMILES string of the molecule is CC[N-]C1(CC)CCN(C)C1.[Rb+]. The normalized spacial score (nSPS) is 30.2. The molecule has 0 spiro atoms. The van der Waals surface area contributed by atoms with E-state index >= 15 is 0 Å². The van der Waals surface area contributed by atoms with E-state index in [1.54, 1.807) is 0 Å². The summed E-state index contributed by atoms with van der Waals surface area (Å²) in [4.78, 5) is 2.38. The van der Waals surface area contributed by atoms with Crippen LogP contribution in [-0.2, 0) is 0 Å². The van der Waals surface area contributed by atoms with Crippen LogP contribution in [0, 0.1) is 0 Å². The number of rotatable bonds is 3. The summed E-state index contributed by atoms with van der Waals surface area (Å²) < 4.78 is 0. The Kier molecular flexibility index (Phi) is 7.15. The molecule has 1 atom stereocenters. The van der Waals surface area contributed by atoms with Gasteiger partial charge < -0.3 is 10.2 Å². The van der Waals surface area contributed by atoms with Gasteiger partial charge >= 0.3 is 58.2 Å². The Balaban J connectivity index is 0.00000121. The first-order valence-corrected chi connectivity index (χ1v) is 4.59. The van der Waals surface area contributed by atoms with Crippen molar-refractivity contribution in [1.29, 1.82) is 0 Å². The Morgan fingerprint density at radius 1 is 1.42 bits per heavy atom. The minimum atomic E-state index is 0. The zero-order valence-corrected chi connectivity index (χ0v) is 13.8. The molecule has 0 aromatic heterocycles. The van der Waals surface area contributed by atoms with E-state index in [-0.39, 0.29) is 58.2 Å². The van der Waals surface area contributed by atoms with Crippen LogP contribution in [-0.4, -0.2) is 37.1 Å². The summed E-state index contributed by atoms with van der Waals surface area (Å²) in [7, 11) is 2.18. The number of nitrogens with zero attached hydrogens (tertiary/aromatic N) is 2. The maximum atomic E-state index is 4.68. The standard InChI is InChI=1S/C9H19N2.Rb/c1-4-9(10-5-2)6-7-11(3)8-9;/h4-8H2,1-3H3;/q-1;+1. The quantitative estimate of drug-likeness (QED) is 0.610. The molecular weight excluding hydrogens is 222 g/mol. The van der Waals surface area contributed by atoms with E-state index in [0.29, 0.717) is 5.54 Å². The second-order valence-electron chi connectivity index (χ2n) is 3.54. The summed E-state index contributed by atoms with van der Waals surface area (Å²) in [5.74, 6) is 0. The third-order valence-corrected chi connectivity index (χ3v) is 2.67. The zero-order valence-electron chi connectivity index (χ0n) is 8.93. The van der Waals surface area contributed by atoms with Crippen LogP contribution in [0.25, 0.3) is 5.32 Å². The van der Waals surface area contributed by atoms with E-state index < -0.39 is 0 Å². The number of likely N-dealkylation sites (N-methyl/N-ethyl adjacent to an activating group) is 2. The van der Waals surface area contributed by atoms with Gasteiger partial charge in [-0.15, -0.1) is 5.54 Å². The van der Waals surface area contributed by atoms with E-state index in [1.165, 1.54) is 19.4 Å². The molecule has 1 rings (SSSR count). The van der Waals surface area contributed by atoms with Crippen molar-refractivity contribution < 1.29 is 58.2 Å². The van der Waals surface area contributed by atoms with Gasteiger partial charge in [-0.25, -0.2) is 0 Å². The van der Waals surface area contributed by atoms with E-state index in [0.717, 1.165) is 13.1 Å². The number of likely N-dealkylation sites (tertiary alicyclic amines) is 1. The van der Waals surface area contributed by atoms with E-state index in [4.69, 9.17) is 0 Å². The fraction of sp³-hybridized carbons (Fsp3) is 1.00. The first kappa shape index (κ1) is 13.7. The molecule has 1 saturated heterocycles. The van der Waals surface area contributed by atoms with Crippen LogP contribution in [0.3, 0.4) is 0 Å². The van der Waals surface area contributed by atoms with Crippen LogP contribution in [0.4, 0.5) is 0 Å². The van der Waals surface area contributed by atoms with Gasteiger partial charge in [-0.1, -0.05) is 26.7 Å². The molecule has 0 aromatic rings. The predicted octanol–water partition coefficient (Wildman–Crippen LogP) is -1.13. The summed E-state index contributed by atoms with van der Waals surface area (Å²) in [6, 6.07) is 0. The van der Waals surface area contributed by atoms with Gasteiger partial charge in [-0.2, -0.15) is 6.54 Å². The van der Waals surface area contributed by atoms with Crippen molar-refractivity contribution in [2.75, 3.05) is 26.7 Å². The average Bonchev–Trinajstić information content (AvgIpc) is 2.34. The van der Waals surface area contributed by atoms with Crippen molar-refractivity contribution in [2.45, 2.75) is 32.2 Å². The smallest absolute Gasteiger partial charge is 0.656 e. The molecule has 1 aliphatic rings. The van der Waals surface area contributed by atoms with Crippen molar-refractivity contribution in [3.05, 3.63) is 5.32 Å². The molecule has 0 N–H and O–H groups in total. The van der Waals surface area contributed by atoms with Crippen molar-refractivity contribution in [3.8, 4) is 0 Å². The maximum absolute atomic E-state index is 4.68. The van der Waals surface area contributed by atoms with Gasteiger partial charge in [0.1, 0.15) is 0 Å². The van der Waals surface area contributed by atoms with Crippen LogP contribution in [0.5, 0.6) is 0 Å². The van der Waals surface area contributed by atoms with Crippen molar-refractivity contribution in [3.63, 3.8) is 0 Å². The first-order chi connectivity index (χ1) is 5.22. The van der Waals surface area contributed by atoms with Crippen molar-refractivity contribution in [2.24, 2.45) is 0 Å². The Bertz CT molecular complexity index is 126. The Hall–Kier alpha value is 1.73. The second kappa shape index (κ2) is 6.25. The van der Waals surface area contributed by atoms with E-state index in [1.807, 2.05) is 0 Å². The van der Waals surface area contributed by atoms with Gasteiger partial charge in [0.2, 0.25) is 0 Å². The Morgan fingerprint density at radius 2 is 2.08 bits per heavy atom. The largest absolute Gasteiger partial charge is 1.00 e. The molecular formula is C9H19N2Rb. The van der Waals surface area contributed by atoms with Gasteiger partial charge in [-0.05, 0) is 20.1 Å². The zero-order chi connectivity index (χ0) is 8.32. The Labute approximate surface area is 125 Å². The van der Waals surface area contributed by atoms with Gasteiger partial charge in [0.15, 0.2) is 0 Å². The molecule has 2 nitrogen and oxygen atoms in total. The minimum Gasteiger partial charge on any atom is -0.656 e. The summed E-state index contributed by atoms with van der Waals surface area (Å²) in [5.41, 5.74) is 0.309. The maximum Gasteiger partial charge on any atom is 1.00 e. The van der Waals surface area contributed by atoms with Gasteiger partial charge in [-0.3, -0.25) is 0 Å². The van der Waals surface area contributed by atoms with Crippen LogP contribution in [0.2, 0.25) is 0 Å².